The fourth-order valence-electron chi connectivity index (χ4n) is 3.66. The maximum Gasteiger partial charge on any atom is 0.225 e. The summed E-state index contributed by atoms with van der Waals surface area (Å²) in [6.07, 6.45) is 7.71. The smallest absolute Gasteiger partial charge is 0.225 e. The Morgan fingerprint density at radius 2 is 2.06 bits per heavy atom. The van der Waals surface area contributed by atoms with Crippen molar-refractivity contribution in [2.75, 3.05) is 19.7 Å². The number of hydrogen-bond donors (Lipinski definition) is 1. The number of amides is 1. The zero-order chi connectivity index (χ0) is 12.4. The lowest BCUT2D eigenvalue weighted by atomic mass is 10.1. The van der Waals surface area contributed by atoms with E-state index in [1.165, 1.54) is 19.3 Å². The van der Waals surface area contributed by atoms with Crippen LogP contribution < -0.4 is 5.32 Å². The highest BCUT2D eigenvalue weighted by atomic mass is 16.5. The van der Waals surface area contributed by atoms with Gasteiger partial charge in [0.05, 0.1) is 12.5 Å². The van der Waals surface area contributed by atoms with Gasteiger partial charge in [-0.2, -0.15) is 0 Å². The number of rotatable bonds is 2. The molecule has 0 spiro atoms. The van der Waals surface area contributed by atoms with Crippen molar-refractivity contribution >= 4 is 5.91 Å². The molecule has 102 valence electrons. The SMILES string of the molecule is O=C(CC1CCCCO1)N1C2CCNCC1CC2. The molecule has 1 amide bonds. The maximum atomic E-state index is 12.5. The molecular weight excluding hydrogens is 228 g/mol. The molecule has 18 heavy (non-hydrogen) atoms. The van der Waals surface area contributed by atoms with Crippen LogP contribution in [0, 0.1) is 0 Å². The Balaban J connectivity index is 1.60. The minimum absolute atomic E-state index is 0.182. The molecular formula is C14H24N2O2. The van der Waals surface area contributed by atoms with Crippen molar-refractivity contribution in [3.8, 4) is 0 Å². The number of fused-ring (bicyclic) bond motifs is 2. The molecule has 3 aliphatic rings. The van der Waals surface area contributed by atoms with Gasteiger partial charge >= 0.3 is 0 Å². The molecule has 3 heterocycles. The van der Waals surface area contributed by atoms with E-state index in [1.54, 1.807) is 0 Å². The van der Waals surface area contributed by atoms with Crippen LogP contribution in [-0.4, -0.2) is 48.7 Å². The Hall–Kier alpha value is -0.610. The van der Waals surface area contributed by atoms with Crippen molar-refractivity contribution in [3.63, 3.8) is 0 Å². The van der Waals surface area contributed by atoms with E-state index in [4.69, 9.17) is 4.74 Å². The van der Waals surface area contributed by atoms with Gasteiger partial charge in [-0.05, 0) is 45.1 Å². The van der Waals surface area contributed by atoms with E-state index in [2.05, 4.69) is 10.2 Å². The molecule has 1 N–H and O–H groups in total. The summed E-state index contributed by atoms with van der Waals surface area (Å²) >= 11 is 0. The summed E-state index contributed by atoms with van der Waals surface area (Å²) in [5.41, 5.74) is 0. The van der Waals surface area contributed by atoms with Gasteiger partial charge < -0.3 is 15.0 Å². The van der Waals surface area contributed by atoms with Gasteiger partial charge in [-0.15, -0.1) is 0 Å². The summed E-state index contributed by atoms with van der Waals surface area (Å²) in [6.45, 7) is 2.88. The third-order valence-electron chi connectivity index (χ3n) is 4.62. The number of carbonyl (C=O) groups is 1. The van der Waals surface area contributed by atoms with Gasteiger partial charge in [0.25, 0.3) is 0 Å². The van der Waals surface area contributed by atoms with E-state index in [0.29, 0.717) is 24.4 Å². The lowest BCUT2D eigenvalue weighted by Crippen LogP contribution is -2.44. The van der Waals surface area contributed by atoms with Crippen molar-refractivity contribution in [2.24, 2.45) is 0 Å². The summed E-state index contributed by atoms with van der Waals surface area (Å²) in [7, 11) is 0. The number of carbonyl (C=O) groups excluding carboxylic acids is 1. The molecule has 3 fully saturated rings. The molecule has 0 aromatic rings. The van der Waals surface area contributed by atoms with Crippen LogP contribution >= 0.6 is 0 Å². The highest BCUT2D eigenvalue weighted by molar-refractivity contribution is 5.78. The van der Waals surface area contributed by atoms with E-state index in [9.17, 15) is 4.79 Å². The second kappa shape index (κ2) is 5.57. The van der Waals surface area contributed by atoms with Crippen LogP contribution in [0.2, 0.25) is 0 Å². The molecule has 0 aliphatic carbocycles. The molecule has 4 nitrogen and oxygen atoms in total. The van der Waals surface area contributed by atoms with E-state index < -0.39 is 0 Å². The van der Waals surface area contributed by atoms with Crippen LogP contribution in [0.15, 0.2) is 0 Å². The Labute approximate surface area is 109 Å². The average Bonchev–Trinajstić information content (AvgIpc) is 2.64. The topological polar surface area (TPSA) is 41.6 Å². The monoisotopic (exact) mass is 252 g/mol. The van der Waals surface area contributed by atoms with Gasteiger partial charge in [-0.3, -0.25) is 4.79 Å². The van der Waals surface area contributed by atoms with Crippen LogP contribution in [0.1, 0.15) is 44.9 Å². The Morgan fingerprint density at radius 1 is 1.17 bits per heavy atom. The van der Waals surface area contributed by atoms with E-state index in [1.807, 2.05) is 0 Å². The summed E-state index contributed by atoms with van der Waals surface area (Å²) < 4.78 is 5.70. The molecule has 2 bridgehead atoms. The van der Waals surface area contributed by atoms with Crippen molar-refractivity contribution in [2.45, 2.75) is 63.1 Å². The van der Waals surface area contributed by atoms with E-state index in [-0.39, 0.29) is 6.10 Å². The molecule has 0 saturated carbocycles. The first-order valence-electron chi connectivity index (χ1n) is 7.48. The molecule has 3 aliphatic heterocycles. The Morgan fingerprint density at radius 3 is 2.89 bits per heavy atom. The summed E-state index contributed by atoms with van der Waals surface area (Å²) in [5.74, 6) is 0.332. The minimum Gasteiger partial charge on any atom is -0.378 e. The summed E-state index contributed by atoms with van der Waals surface area (Å²) in [5, 5.41) is 3.44. The Bertz CT molecular complexity index is 288. The molecule has 0 aromatic carbocycles. The molecule has 3 rings (SSSR count). The van der Waals surface area contributed by atoms with Crippen molar-refractivity contribution < 1.29 is 9.53 Å². The third-order valence-corrected chi connectivity index (χ3v) is 4.62. The van der Waals surface area contributed by atoms with Gasteiger partial charge in [0.15, 0.2) is 0 Å². The lowest BCUT2D eigenvalue weighted by Gasteiger charge is -2.30. The van der Waals surface area contributed by atoms with Gasteiger partial charge in [0.2, 0.25) is 5.91 Å². The average molecular weight is 252 g/mol. The van der Waals surface area contributed by atoms with Gasteiger partial charge in [0.1, 0.15) is 0 Å². The molecule has 3 unspecified atom stereocenters. The second-order valence-electron chi connectivity index (χ2n) is 5.87. The number of ether oxygens (including phenoxy) is 1. The van der Waals surface area contributed by atoms with Crippen LogP contribution in [0.4, 0.5) is 0 Å². The third kappa shape index (κ3) is 2.54. The quantitative estimate of drug-likeness (QED) is 0.805. The van der Waals surface area contributed by atoms with Crippen molar-refractivity contribution in [1.82, 2.24) is 10.2 Å². The van der Waals surface area contributed by atoms with Crippen LogP contribution in [0.5, 0.6) is 0 Å². The minimum atomic E-state index is 0.182. The molecule has 3 atom stereocenters. The lowest BCUT2D eigenvalue weighted by molar-refractivity contribution is -0.137. The first kappa shape index (κ1) is 12.4. The van der Waals surface area contributed by atoms with E-state index in [0.717, 1.165) is 39.0 Å². The van der Waals surface area contributed by atoms with Gasteiger partial charge in [-0.25, -0.2) is 0 Å². The highest BCUT2D eigenvalue weighted by Gasteiger charge is 2.38. The number of nitrogens with zero attached hydrogens (tertiary/aromatic N) is 1. The predicted molar refractivity (Wildman–Crippen MR) is 69.4 cm³/mol. The molecule has 4 heteroatoms. The van der Waals surface area contributed by atoms with Crippen LogP contribution in [0.25, 0.3) is 0 Å². The summed E-state index contributed by atoms with van der Waals surface area (Å²) in [4.78, 5) is 14.7. The first-order valence-corrected chi connectivity index (χ1v) is 7.48. The normalized spacial score (nSPS) is 36.4. The molecule has 3 saturated heterocycles. The standard InChI is InChI=1S/C14H24N2O2/c17-14(9-13-3-1-2-8-18-13)16-11-4-5-12(16)10-15-7-6-11/h11-13,15H,1-10H2. The second-order valence-corrected chi connectivity index (χ2v) is 5.87. The fourth-order valence-corrected chi connectivity index (χ4v) is 3.66. The molecule has 0 radical (unpaired) electrons. The first-order chi connectivity index (χ1) is 8.84. The van der Waals surface area contributed by atoms with Crippen molar-refractivity contribution in [1.29, 1.82) is 0 Å². The van der Waals surface area contributed by atoms with Gasteiger partial charge in [-0.1, -0.05) is 0 Å². The van der Waals surface area contributed by atoms with E-state index >= 15 is 0 Å². The zero-order valence-corrected chi connectivity index (χ0v) is 11.1. The van der Waals surface area contributed by atoms with Crippen LogP contribution in [-0.2, 0) is 9.53 Å². The van der Waals surface area contributed by atoms with Crippen LogP contribution in [0.3, 0.4) is 0 Å². The predicted octanol–water partition coefficient (Wildman–Crippen LogP) is 1.30. The zero-order valence-electron chi connectivity index (χ0n) is 11.1. The van der Waals surface area contributed by atoms with Crippen molar-refractivity contribution in [3.05, 3.63) is 0 Å². The Kier molecular flexibility index (Phi) is 3.85. The fraction of sp³-hybridized carbons (Fsp3) is 0.929. The van der Waals surface area contributed by atoms with Gasteiger partial charge in [0, 0.05) is 25.2 Å². The number of hydrogen-bond acceptors (Lipinski definition) is 3. The number of nitrogens with one attached hydrogen (secondary N) is 1. The highest BCUT2D eigenvalue weighted by Crippen LogP contribution is 2.29. The maximum absolute atomic E-state index is 12.5. The summed E-state index contributed by atoms with van der Waals surface area (Å²) in [6, 6.07) is 0.926. The largest absolute Gasteiger partial charge is 0.378 e. The molecule has 0 aromatic heterocycles.